The number of nitrogens with two attached hydrogens (primary N) is 1. The number of hydrogen-bond acceptors (Lipinski definition) is 2. The molecule has 0 heterocycles. The van der Waals surface area contributed by atoms with Crippen LogP contribution in [0.1, 0.15) is 19.4 Å². The van der Waals surface area contributed by atoms with Crippen molar-refractivity contribution in [3.8, 4) is 0 Å². The molecule has 3 N–H and O–H groups in total. The van der Waals surface area contributed by atoms with E-state index in [1.165, 1.54) is 12.1 Å². The molecule has 6 heteroatoms. The molecule has 1 amide bonds. The summed E-state index contributed by atoms with van der Waals surface area (Å²) in [5.74, 6) is -0.454. The Kier molecular flexibility index (Phi) is 4.34. The van der Waals surface area contributed by atoms with Gasteiger partial charge >= 0.3 is 6.18 Å². The second-order valence-corrected chi connectivity index (χ2v) is 4.33. The van der Waals surface area contributed by atoms with Crippen molar-refractivity contribution < 1.29 is 18.0 Å². The lowest BCUT2D eigenvalue weighted by molar-refractivity contribution is -0.137. The van der Waals surface area contributed by atoms with E-state index in [-0.39, 0.29) is 5.92 Å². The molecule has 0 aliphatic carbocycles. The highest BCUT2D eigenvalue weighted by atomic mass is 19.4. The SMILES string of the molecule is CC(C)[C@@H](N)C(=O)Nc1ccc(C(F)(F)F)cc1. The topological polar surface area (TPSA) is 55.1 Å². The molecular weight excluding hydrogens is 245 g/mol. The minimum absolute atomic E-state index is 0.0422. The maximum Gasteiger partial charge on any atom is 0.416 e. The zero-order chi connectivity index (χ0) is 13.9. The van der Waals surface area contributed by atoms with Gasteiger partial charge in [-0.25, -0.2) is 0 Å². The lowest BCUT2D eigenvalue weighted by Crippen LogP contribution is -2.39. The summed E-state index contributed by atoms with van der Waals surface area (Å²) in [6, 6.07) is 3.54. The summed E-state index contributed by atoms with van der Waals surface area (Å²) in [7, 11) is 0. The van der Waals surface area contributed by atoms with Crippen LogP contribution < -0.4 is 11.1 Å². The molecule has 0 saturated carbocycles. The molecule has 0 bridgehead atoms. The first-order valence-electron chi connectivity index (χ1n) is 5.45. The maximum atomic E-state index is 12.3. The van der Waals surface area contributed by atoms with Crippen LogP contribution in [0.25, 0.3) is 0 Å². The first-order chi connectivity index (χ1) is 8.21. The summed E-state index contributed by atoms with van der Waals surface area (Å²) >= 11 is 0. The fourth-order valence-corrected chi connectivity index (χ4v) is 1.27. The highest BCUT2D eigenvalue weighted by Crippen LogP contribution is 2.29. The summed E-state index contributed by atoms with van der Waals surface area (Å²) in [5.41, 5.74) is 5.15. The van der Waals surface area contributed by atoms with Crippen LogP contribution in [0.15, 0.2) is 24.3 Å². The van der Waals surface area contributed by atoms with Gasteiger partial charge in [0, 0.05) is 5.69 Å². The average molecular weight is 260 g/mol. The minimum atomic E-state index is -4.38. The van der Waals surface area contributed by atoms with Crippen molar-refractivity contribution in [3.05, 3.63) is 29.8 Å². The van der Waals surface area contributed by atoms with Crippen LogP contribution in [0, 0.1) is 5.92 Å². The van der Waals surface area contributed by atoms with Crippen molar-refractivity contribution in [2.45, 2.75) is 26.1 Å². The Labute approximate surface area is 103 Å². The van der Waals surface area contributed by atoms with Crippen molar-refractivity contribution >= 4 is 11.6 Å². The van der Waals surface area contributed by atoms with E-state index in [1.54, 1.807) is 13.8 Å². The van der Waals surface area contributed by atoms with Gasteiger partial charge in [-0.05, 0) is 30.2 Å². The third kappa shape index (κ3) is 3.73. The van der Waals surface area contributed by atoms with Crippen LogP contribution in [0.5, 0.6) is 0 Å². The van der Waals surface area contributed by atoms with E-state index in [4.69, 9.17) is 5.73 Å². The van der Waals surface area contributed by atoms with Gasteiger partial charge in [0.2, 0.25) is 5.91 Å². The predicted molar refractivity (Wildman–Crippen MR) is 62.9 cm³/mol. The number of nitrogens with one attached hydrogen (secondary N) is 1. The Bertz CT molecular complexity index is 412. The summed E-state index contributed by atoms with van der Waals surface area (Å²) in [6.45, 7) is 3.58. The van der Waals surface area contributed by atoms with Gasteiger partial charge in [0.05, 0.1) is 11.6 Å². The molecule has 0 spiro atoms. The van der Waals surface area contributed by atoms with E-state index < -0.39 is 23.7 Å². The van der Waals surface area contributed by atoms with E-state index in [1.807, 2.05) is 0 Å². The lowest BCUT2D eigenvalue weighted by Gasteiger charge is -2.15. The zero-order valence-corrected chi connectivity index (χ0v) is 10.1. The molecule has 100 valence electrons. The van der Waals surface area contributed by atoms with E-state index >= 15 is 0 Å². The Morgan fingerprint density at radius 3 is 2.11 bits per heavy atom. The van der Waals surface area contributed by atoms with E-state index in [0.29, 0.717) is 5.69 Å². The number of halogens is 3. The number of alkyl halides is 3. The molecule has 3 nitrogen and oxygen atoms in total. The second kappa shape index (κ2) is 5.39. The molecule has 18 heavy (non-hydrogen) atoms. The largest absolute Gasteiger partial charge is 0.416 e. The average Bonchev–Trinajstić information content (AvgIpc) is 2.27. The predicted octanol–water partition coefficient (Wildman–Crippen LogP) is 2.63. The first-order valence-corrected chi connectivity index (χ1v) is 5.45. The fourth-order valence-electron chi connectivity index (χ4n) is 1.27. The molecule has 1 aromatic carbocycles. The van der Waals surface area contributed by atoms with Gasteiger partial charge in [0.25, 0.3) is 0 Å². The third-order valence-electron chi connectivity index (χ3n) is 2.50. The van der Waals surface area contributed by atoms with Gasteiger partial charge in [-0.2, -0.15) is 13.2 Å². The van der Waals surface area contributed by atoms with Gasteiger partial charge in [-0.3, -0.25) is 4.79 Å². The molecule has 1 aromatic rings. The summed E-state index contributed by atoms with van der Waals surface area (Å²) in [5, 5.41) is 2.47. The number of hydrogen-bond donors (Lipinski definition) is 2. The molecule has 0 radical (unpaired) electrons. The van der Waals surface area contributed by atoms with E-state index in [0.717, 1.165) is 12.1 Å². The maximum absolute atomic E-state index is 12.3. The molecule has 0 aliphatic heterocycles. The molecular formula is C12H15F3N2O. The van der Waals surface area contributed by atoms with E-state index in [9.17, 15) is 18.0 Å². The quantitative estimate of drug-likeness (QED) is 0.877. The van der Waals surface area contributed by atoms with Crippen molar-refractivity contribution in [1.29, 1.82) is 0 Å². The van der Waals surface area contributed by atoms with Crippen LogP contribution in [0.3, 0.4) is 0 Å². The monoisotopic (exact) mass is 260 g/mol. The number of carbonyl (C=O) groups excluding carboxylic acids is 1. The molecule has 1 atom stereocenters. The lowest BCUT2D eigenvalue weighted by atomic mass is 10.0. The Morgan fingerprint density at radius 1 is 1.22 bits per heavy atom. The van der Waals surface area contributed by atoms with Crippen molar-refractivity contribution in [2.24, 2.45) is 11.7 Å². The number of anilines is 1. The van der Waals surface area contributed by atoms with Gasteiger partial charge in [0.1, 0.15) is 0 Å². The van der Waals surface area contributed by atoms with Gasteiger partial charge in [-0.15, -0.1) is 0 Å². The standard InChI is InChI=1S/C12H15F3N2O/c1-7(2)10(16)11(18)17-9-5-3-8(4-6-9)12(13,14)15/h3-7,10H,16H2,1-2H3,(H,17,18)/t10-/m1/s1. The first kappa shape index (κ1) is 14.5. The molecule has 0 aromatic heterocycles. The smallest absolute Gasteiger partial charge is 0.325 e. The van der Waals surface area contributed by atoms with Crippen molar-refractivity contribution in [2.75, 3.05) is 5.32 Å². The Balaban J connectivity index is 2.73. The van der Waals surface area contributed by atoms with Crippen LogP contribution in [0.4, 0.5) is 18.9 Å². The molecule has 0 unspecified atom stereocenters. The number of carbonyl (C=O) groups is 1. The number of benzene rings is 1. The highest BCUT2D eigenvalue weighted by molar-refractivity contribution is 5.94. The summed E-state index contributed by atoms with van der Waals surface area (Å²) < 4.78 is 36.9. The number of amides is 1. The Morgan fingerprint density at radius 2 is 1.72 bits per heavy atom. The van der Waals surface area contributed by atoms with Gasteiger partial charge in [0.15, 0.2) is 0 Å². The van der Waals surface area contributed by atoms with Crippen LogP contribution in [-0.4, -0.2) is 11.9 Å². The van der Waals surface area contributed by atoms with Crippen molar-refractivity contribution in [3.63, 3.8) is 0 Å². The molecule has 0 saturated heterocycles. The Hall–Kier alpha value is -1.56. The molecule has 0 fully saturated rings. The van der Waals surface area contributed by atoms with Crippen LogP contribution in [0.2, 0.25) is 0 Å². The summed E-state index contributed by atoms with van der Waals surface area (Å²) in [6.07, 6.45) is -4.38. The molecule has 0 aliphatic rings. The van der Waals surface area contributed by atoms with Gasteiger partial charge < -0.3 is 11.1 Å². The highest BCUT2D eigenvalue weighted by Gasteiger charge is 2.30. The van der Waals surface area contributed by atoms with Gasteiger partial charge in [-0.1, -0.05) is 13.8 Å². The van der Waals surface area contributed by atoms with Crippen LogP contribution in [-0.2, 0) is 11.0 Å². The minimum Gasteiger partial charge on any atom is -0.325 e. The van der Waals surface area contributed by atoms with E-state index in [2.05, 4.69) is 5.32 Å². The van der Waals surface area contributed by atoms with Crippen molar-refractivity contribution in [1.82, 2.24) is 0 Å². The molecule has 1 rings (SSSR count). The zero-order valence-electron chi connectivity index (χ0n) is 10.1. The summed E-state index contributed by atoms with van der Waals surface area (Å²) in [4.78, 5) is 11.6. The van der Waals surface area contributed by atoms with Crippen LogP contribution >= 0.6 is 0 Å². The second-order valence-electron chi connectivity index (χ2n) is 4.33. The number of rotatable bonds is 3. The fraction of sp³-hybridized carbons (Fsp3) is 0.417. The third-order valence-corrected chi connectivity index (χ3v) is 2.50. The normalized spacial score (nSPS) is 13.5.